The zero-order chi connectivity index (χ0) is 12.3. The summed E-state index contributed by atoms with van der Waals surface area (Å²) in [6.07, 6.45) is 1.52. The van der Waals surface area contributed by atoms with Crippen molar-refractivity contribution in [2.45, 2.75) is 0 Å². The van der Waals surface area contributed by atoms with Gasteiger partial charge in [0.1, 0.15) is 5.82 Å². The van der Waals surface area contributed by atoms with Crippen molar-refractivity contribution < 1.29 is 4.92 Å². The molecule has 0 amide bonds. The molecule has 0 atom stereocenters. The van der Waals surface area contributed by atoms with Crippen molar-refractivity contribution in [2.24, 2.45) is 0 Å². The van der Waals surface area contributed by atoms with Gasteiger partial charge in [0, 0.05) is 24.0 Å². The van der Waals surface area contributed by atoms with Crippen molar-refractivity contribution in [3.05, 3.63) is 46.6 Å². The highest BCUT2D eigenvalue weighted by atomic mass is 16.6. The van der Waals surface area contributed by atoms with Crippen LogP contribution in [0, 0.1) is 10.1 Å². The second-order valence-electron chi connectivity index (χ2n) is 3.23. The molecule has 1 heterocycles. The highest BCUT2D eigenvalue weighted by Crippen LogP contribution is 2.18. The van der Waals surface area contributed by atoms with Crippen molar-refractivity contribution in [1.29, 1.82) is 0 Å². The summed E-state index contributed by atoms with van der Waals surface area (Å²) in [7, 11) is 0. The molecule has 2 rings (SSSR count). The molecule has 0 aliphatic rings. The number of nitrogen functional groups attached to an aromatic ring is 1. The van der Waals surface area contributed by atoms with Gasteiger partial charge in [-0.3, -0.25) is 10.1 Å². The average molecular weight is 231 g/mol. The fourth-order valence-electron chi connectivity index (χ4n) is 1.26. The van der Waals surface area contributed by atoms with Crippen LogP contribution in [-0.2, 0) is 0 Å². The number of nitrogens with two attached hydrogens (primary N) is 1. The van der Waals surface area contributed by atoms with E-state index in [-0.39, 0.29) is 11.6 Å². The number of nitro benzene ring substituents is 1. The summed E-state index contributed by atoms with van der Waals surface area (Å²) < 4.78 is 0. The van der Waals surface area contributed by atoms with Gasteiger partial charge in [0.05, 0.1) is 4.92 Å². The number of benzene rings is 1. The summed E-state index contributed by atoms with van der Waals surface area (Å²) in [5.74, 6) is 0.697. The Bertz CT molecular complexity index is 541. The highest BCUT2D eigenvalue weighted by Gasteiger charge is 2.04. The first-order valence-electron chi connectivity index (χ1n) is 4.75. The van der Waals surface area contributed by atoms with Crippen molar-refractivity contribution >= 4 is 23.1 Å². The van der Waals surface area contributed by atoms with Crippen LogP contribution in [0.15, 0.2) is 36.5 Å². The number of nitro groups is 1. The summed E-state index contributed by atoms with van der Waals surface area (Å²) in [6, 6.07) is 7.66. The summed E-state index contributed by atoms with van der Waals surface area (Å²) in [4.78, 5) is 17.7. The minimum absolute atomic E-state index is 0.0396. The molecule has 7 nitrogen and oxygen atoms in total. The van der Waals surface area contributed by atoms with E-state index in [2.05, 4.69) is 15.3 Å². The summed E-state index contributed by atoms with van der Waals surface area (Å²) in [5, 5.41) is 13.4. The molecule has 0 saturated heterocycles. The van der Waals surface area contributed by atoms with E-state index >= 15 is 0 Å². The maximum absolute atomic E-state index is 10.5. The Morgan fingerprint density at radius 3 is 2.53 bits per heavy atom. The van der Waals surface area contributed by atoms with Gasteiger partial charge < -0.3 is 11.1 Å². The number of nitrogens with zero attached hydrogens (tertiary/aromatic N) is 3. The maximum Gasteiger partial charge on any atom is 0.269 e. The SMILES string of the molecule is Nc1nccc(Nc2ccc([N+](=O)[O-])cc2)n1. The van der Waals surface area contributed by atoms with E-state index in [1.165, 1.54) is 18.3 Å². The van der Waals surface area contributed by atoms with Crippen LogP contribution < -0.4 is 11.1 Å². The normalized spacial score (nSPS) is 9.88. The molecule has 0 spiro atoms. The Hall–Kier alpha value is -2.70. The minimum Gasteiger partial charge on any atom is -0.368 e. The van der Waals surface area contributed by atoms with Gasteiger partial charge in [0.25, 0.3) is 5.69 Å². The lowest BCUT2D eigenvalue weighted by Gasteiger charge is -2.04. The van der Waals surface area contributed by atoms with E-state index in [0.717, 1.165) is 0 Å². The number of aromatic nitrogens is 2. The summed E-state index contributed by atoms with van der Waals surface area (Å²) in [6.45, 7) is 0. The van der Waals surface area contributed by atoms with Crippen LogP contribution in [0.4, 0.5) is 23.1 Å². The zero-order valence-corrected chi connectivity index (χ0v) is 8.70. The van der Waals surface area contributed by atoms with Gasteiger partial charge in [-0.05, 0) is 18.2 Å². The Balaban J connectivity index is 2.16. The lowest BCUT2D eigenvalue weighted by atomic mass is 10.3. The van der Waals surface area contributed by atoms with Crippen molar-refractivity contribution in [2.75, 3.05) is 11.1 Å². The third kappa shape index (κ3) is 2.65. The first-order valence-corrected chi connectivity index (χ1v) is 4.75. The smallest absolute Gasteiger partial charge is 0.269 e. The van der Waals surface area contributed by atoms with Gasteiger partial charge in [-0.2, -0.15) is 4.98 Å². The van der Waals surface area contributed by atoms with Gasteiger partial charge >= 0.3 is 0 Å². The molecule has 0 aliphatic carbocycles. The van der Waals surface area contributed by atoms with E-state index < -0.39 is 4.92 Å². The monoisotopic (exact) mass is 231 g/mol. The molecule has 7 heteroatoms. The van der Waals surface area contributed by atoms with Crippen molar-refractivity contribution in [3.8, 4) is 0 Å². The van der Waals surface area contributed by atoms with E-state index in [0.29, 0.717) is 11.5 Å². The number of hydrogen-bond acceptors (Lipinski definition) is 6. The molecule has 2 aromatic rings. The molecule has 17 heavy (non-hydrogen) atoms. The molecular weight excluding hydrogens is 222 g/mol. The lowest BCUT2D eigenvalue weighted by molar-refractivity contribution is -0.384. The number of rotatable bonds is 3. The first-order chi connectivity index (χ1) is 8.15. The molecule has 1 aromatic heterocycles. The predicted octanol–water partition coefficient (Wildman–Crippen LogP) is 1.71. The fraction of sp³-hybridized carbons (Fsp3) is 0. The molecule has 0 unspecified atom stereocenters. The van der Waals surface area contributed by atoms with Gasteiger partial charge in [-0.25, -0.2) is 4.98 Å². The minimum atomic E-state index is -0.452. The van der Waals surface area contributed by atoms with Crippen molar-refractivity contribution in [1.82, 2.24) is 9.97 Å². The predicted molar refractivity (Wildman–Crippen MR) is 62.8 cm³/mol. The van der Waals surface area contributed by atoms with Gasteiger partial charge in [0.15, 0.2) is 0 Å². The maximum atomic E-state index is 10.5. The molecule has 0 saturated carbocycles. The van der Waals surface area contributed by atoms with Crippen molar-refractivity contribution in [3.63, 3.8) is 0 Å². The standard InChI is InChI=1S/C10H9N5O2/c11-10-12-6-5-9(14-10)13-7-1-3-8(4-2-7)15(16)17/h1-6H,(H3,11,12,13,14). The van der Waals surface area contributed by atoms with E-state index in [9.17, 15) is 10.1 Å². The number of anilines is 3. The van der Waals surface area contributed by atoms with E-state index in [1.807, 2.05) is 0 Å². The third-order valence-corrected chi connectivity index (χ3v) is 2.02. The zero-order valence-electron chi connectivity index (χ0n) is 8.70. The Morgan fingerprint density at radius 1 is 1.24 bits per heavy atom. The quantitative estimate of drug-likeness (QED) is 0.615. The van der Waals surface area contributed by atoms with Crippen LogP contribution in [0.2, 0.25) is 0 Å². The average Bonchev–Trinajstić information content (AvgIpc) is 2.29. The molecule has 0 bridgehead atoms. The molecule has 86 valence electrons. The summed E-state index contributed by atoms with van der Waals surface area (Å²) in [5.41, 5.74) is 6.15. The number of nitrogens with one attached hydrogen (secondary N) is 1. The molecule has 0 radical (unpaired) electrons. The second-order valence-corrected chi connectivity index (χ2v) is 3.23. The molecule has 0 aliphatic heterocycles. The molecule has 1 aromatic carbocycles. The van der Waals surface area contributed by atoms with Crippen LogP contribution in [-0.4, -0.2) is 14.9 Å². The molecule has 3 N–H and O–H groups in total. The number of non-ortho nitro benzene ring substituents is 1. The number of hydrogen-bond donors (Lipinski definition) is 2. The van der Waals surface area contributed by atoms with Crippen LogP contribution in [0.5, 0.6) is 0 Å². The van der Waals surface area contributed by atoms with Gasteiger partial charge in [-0.1, -0.05) is 0 Å². The van der Waals surface area contributed by atoms with Crippen LogP contribution in [0.3, 0.4) is 0 Å². The van der Waals surface area contributed by atoms with Crippen LogP contribution in [0.25, 0.3) is 0 Å². The highest BCUT2D eigenvalue weighted by molar-refractivity contribution is 5.58. The van der Waals surface area contributed by atoms with E-state index in [1.54, 1.807) is 18.2 Å². The Kier molecular flexibility index (Phi) is 2.82. The third-order valence-electron chi connectivity index (χ3n) is 2.02. The Morgan fingerprint density at radius 2 is 1.94 bits per heavy atom. The summed E-state index contributed by atoms with van der Waals surface area (Å²) >= 11 is 0. The molecule has 0 fully saturated rings. The topological polar surface area (TPSA) is 107 Å². The van der Waals surface area contributed by atoms with Gasteiger partial charge in [0.2, 0.25) is 5.95 Å². The largest absolute Gasteiger partial charge is 0.368 e. The van der Waals surface area contributed by atoms with Gasteiger partial charge in [-0.15, -0.1) is 0 Å². The molecular formula is C10H9N5O2. The fourth-order valence-corrected chi connectivity index (χ4v) is 1.26. The lowest BCUT2D eigenvalue weighted by Crippen LogP contribution is -1.99. The van der Waals surface area contributed by atoms with Crippen LogP contribution in [0.1, 0.15) is 0 Å². The Labute approximate surface area is 96.5 Å². The second kappa shape index (κ2) is 4.44. The van der Waals surface area contributed by atoms with Crippen LogP contribution >= 0.6 is 0 Å². The first kappa shape index (κ1) is 10.8. The van der Waals surface area contributed by atoms with E-state index in [4.69, 9.17) is 5.73 Å².